The molecule has 0 bridgehead atoms. The topological polar surface area (TPSA) is 50.9 Å². The van der Waals surface area contributed by atoms with Crippen LogP contribution in [0.2, 0.25) is 0 Å². The molecule has 0 saturated heterocycles. The molecule has 12 heavy (non-hydrogen) atoms. The smallest absolute Gasteiger partial charge is 0.126 e. The minimum absolute atomic E-state index is 0.585. The van der Waals surface area contributed by atoms with E-state index in [1.807, 2.05) is 12.1 Å². The zero-order chi connectivity index (χ0) is 8.39. The number of pyridine rings is 1. The van der Waals surface area contributed by atoms with E-state index in [0.717, 1.165) is 11.4 Å². The van der Waals surface area contributed by atoms with Gasteiger partial charge in [-0.25, -0.2) is 4.98 Å². The predicted octanol–water partition coefficient (Wildman–Crippen LogP) is 1.11. The lowest BCUT2D eigenvalue weighted by atomic mass is 10.2. The van der Waals surface area contributed by atoms with Crippen LogP contribution in [0.25, 0.3) is 0 Å². The fraction of sp³-hybridized carbons (Fsp3) is 0.444. The second kappa shape index (κ2) is 3.11. The number of rotatable bonds is 3. The van der Waals surface area contributed by atoms with Gasteiger partial charge < -0.3 is 11.1 Å². The van der Waals surface area contributed by atoms with Gasteiger partial charge in [-0.1, -0.05) is 0 Å². The van der Waals surface area contributed by atoms with Gasteiger partial charge in [0.1, 0.15) is 5.82 Å². The van der Waals surface area contributed by atoms with Crippen molar-refractivity contribution in [3.8, 4) is 0 Å². The Kier molecular flexibility index (Phi) is 1.96. The van der Waals surface area contributed by atoms with E-state index >= 15 is 0 Å². The lowest BCUT2D eigenvalue weighted by Crippen LogP contribution is -2.04. The van der Waals surface area contributed by atoms with E-state index in [-0.39, 0.29) is 0 Å². The lowest BCUT2D eigenvalue weighted by molar-refractivity contribution is 1.04. The summed E-state index contributed by atoms with van der Waals surface area (Å²) >= 11 is 0. The van der Waals surface area contributed by atoms with Crippen LogP contribution < -0.4 is 11.1 Å². The van der Waals surface area contributed by atoms with Gasteiger partial charge in [0, 0.05) is 18.8 Å². The molecule has 0 radical (unpaired) electrons. The summed E-state index contributed by atoms with van der Waals surface area (Å²) in [7, 11) is 0. The largest absolute Gasteiger partial charge is 0.367 e. The third kappa shape index (κ3) is 1.74. The molecular formula is C9H13N3. The number of hydrogen-bond acceptors (Lipinski definition) is 3. The summed E-state index contributed by atoms with van der Waals surface area (Å²) < 4.78 is 0. The van der Waals surface area contributed by atoms with Crippen molar-refractivity contribution < 1.29 is 0 Å². The van der Waals surface area contributed by atoms with Crippen LogP contribution in [-0.2, 0) is 6.54 Å². The van der Waals surface area contributed by atoms with E-state index in [2.05, 4.69) is 10.3 Å². The first-order valence-corrected chi connectivity index (χ1v) is 4.30. The molecule has 1 saturated carbocycles. The summed E-state index contributed by atoms with van der Waals surface area (Å²) in [5.41, 5.74) is 6.64. The maximum atomic E-state index is 5.51. The van der Waals surface area contributed by atoms with E-state index in [1.54, 1.807) is 6.20 Å². The Morgan fingerprint density at radius 3 is 3.08 bits per heavy atom. The highest BCUT2D eigenvalue weighted by Gasteiger charge is 2.20. The first kappa shape index (κ1) is 7.55. The van der Waals surface area contributed by atoms with Crippen molar-refractivity contribution in [1.82, 2.24) is 4.98 Å². The highest BCUT2D eigenvalue weighted by Crippen LogP contribution is 2.23. The van der Waals surface area contributed by atoms with Gasteiger partial charge in [-0.05, 0) is 30.5 Å². The Morgan fingerprint density at radius 1 is 1.58 bits per heavy atom. The number of anilines is 1. The number of hydrogen-bond donors (Lipinski definition) is 2. The lowest BCUT2D eigenvalue weighted by Gasteiger charge is -2.03. The van der Waals surface area contributed by atoms with Gasteiger partial charge in [0.2, 0.25) is 0 Å². The second-order valence-corrected chi connectivity index (χ2v) is 3.17. The zero-order valence-electron chi connectivity index (χ0n) is 6.96. The SMILES string of the molecule is NCc1ccnc(NC2CC2)c1. The Bertz CT molecular complexity index is 268. The van der Waals surface area contributed by atoms with Gasteiger partial charge in [0.05, 0.1) is 0 Å². The van der Waals surface area contributed by atoms with Crippen LogP contribution in [0.1, 0.15) is 18.4 Å². The summed E-state index contributed by atoms with van der Waals surface area (Å²) in [6, 6.07) is 4.61. The van der Waals surface area contributed by atoms with Crippen LogP contribution in [0, 0.1) is 0 Å². The average Bonchev–Trinajstić information content (AvgIpc) is 2.89. The fourth-order valence-electron chi connectivity index (χ4n) is 1.12. The first-order chi connectivity index (χ1) is 5.88. The molecule has 1 aromatic rings. The molecule has 1 aromatic heterocycles. The fourth-order valence-corrected chi connectivity index (χ4v) is 1.12. The van der Waals surface area contributed by atoms with Crippen LogP contribution in [0.5, 0.6) is 0 Å². The van der Waals surface area contributed by atoms with Gasteiger partial charge >= 0.3 is 0 Å². The molecule has 0 amide bonds. The van der Waals surface area contributed by atoms with Crippen molar-refractivity contribution in [2.45, 2.75) is 25.4 Å². The summed E-state index contributed by atoms with van der Waals surface area (Å²) in [5, 5.41) is 3.32. The summed E-state index contributed by atoms with van der Waals surface area (Å²) in [5.74, 6) is 0.959. The van der Waals surface area contributed by atoms with Crippen LogP contribution >= 0.6 is 0 Å². The standard InChI is InChI=1S/C9H13N3/c10-6-7-3-4-11-9(5-7)12-8-1-2-8/h3-5,8H,1-2,6,10H2,(H,11,12). The molecule has 1 fully saturated rings. The zero-order valence-corrected chi connectivity index (χ0v) is 6.96. The van der Waals surface area contributed by atoms with Crippen molar-refractivity contribution in [1.29, 1.82) is 0 Å². The average molecular weight is 163 g/mol. The van der Waals surface area contributed by atoms with Crippen molar-refractivity contribution in [2.75, 3.05) is 5.32 Å². The second-order valence-electron chi connectivity index (χ2n) is 3.17. The van der Waals surface area contributed by atoms with Gasteiger partial charge in [-0.2, -0.15) is 0 Å². The van der Waals surface area contributed by atoms with E-state index in [0.29, 0.717) is 12.6 Å². The Hall–Kier alpha value is -1.09. The minimum atomic E-state index is 0.585. The number of nitrogens with zero attached hydrogens (tertiary/aromatic N) is 1. The van der Waals surface area contributed by atoms with E-state index < -0.39 is 0 Å². The molecule has 0 aromatic carbocycles. The van der Waals surface area contributed by atoms with Crippen LogP contribution in [0.4, 0.5) is 5.82 Å². The normalized spacial score (nSPS) is 16.1. The summed E-state index contributed by atoms with van der Waals surface area (Å²) in [6.07, 6.45) is 4.34. The molecule has 1 aliphatic rings. The molecular weight excluding hydrogens is 150 g/mol. The van der Waals surface area contributed by atoms with Crippen molar-refractivity contribution in [3.63, 3.8) is 0 Å². The maximum absolute atomic E-state index is 5.51. The molecule has 3 nitrogen and oxygen atoms in total. The number of nitrogens with two attached hydrogens (primary N) is 1. The van der Waals surface area contributed by atoms with Crippen LogP contribution in [-0.4, -0.2) is 11.0 Å². The van der Waals surface area contributed by atoms with E-state index in [9.17, 15) is 0 Å². The molecule has 0 spiro atoms. The molecule has 2 rings (SSSR count). The molecule has 3 N–H and O–H groups in total. The Morgan fingerprint density at radius 2 is 2.42 bits per heavy atom. The van der Waals surface area contributed by atoms with Gasteiger partial charge in [-0.15, -0.1) is 0 Å². The molecule has 0 unspecified atom stereocenters. The Labute approximate surface area is 72.0 Å². The van der Waals surface area contributed by atoms with Crippen LogP contribution in [0.3, 0.4) is 0 Å². The van der Waals surface area contributed by atoms with Crippen LogP contribution in [0.15, 0.2) is 18.3 Å². The summed E-state index contributed by atoms with van der Waals surface area (Å²) in [6.45, 7) is 0.585. The van der Waals surface area contributed by atoms with Gasteiger partial charge in [0.25, 0.3) is 0 Å². The first-order valence-electron chi connectivity index (χ1n) is 4.30. The van der Waals surface area contributed by atoms with Gasteiger partial charge in [0.15, 0.2) is 0 Å². The molecule has 0 atom stereocenters. The third-order valence-corrected chi connectivity index (χ3v) is 1.99. The summed E-state index contributed by atoms with van der Waals surface area (Å²) in [4.78, 5) is 4.20. The third-order valence-electron chi connectivity index (χ3n) is 1.99. The molecule has 64 valence electrons. The minimum Gasteiger partial charge on any atom is -0.367 e. The predicted molar refractivity (Wildman–Crippen MR) is 48.8 cm³/mol. The van der Waals surface area contributed by atoms with E-state index in [4.69, 9.17) is 5.73 Å². The highest BCUT2D eigenvalue weighted by atomic mass is 15.0. The molecule has 3 heteroatoms. The van der Waals surface area contributed by atoms with E-state index in [1.165, 1.54) is 12.8 Å². The number of aromatic nitrogens is 1. The Balaban J connectivity index is 2.08. The van der Waals surface area contributed by atoms with Crippen molar-refractivity contribution in [3.05, 3.63) is 23.9 Å². The quantitative estimate of drug-likeness (QED) is 0.702. The van der Waals surface area contributed by atoms with Gasteiger partial charge in [-0.3, -0.25) is 0 Å². The molecule has 0 aliphatic heterocycles. The maximum Gasteiger partial charge on any atom is 0.126 e. The van der Waals surface area contributed by atoms with Crippen molar-refractivity contribution in [2.24, 2.45) is 5.73 Å². The highest BCUT2D eigenvalue weighted by molar-refractivity contribution is 5.39. The monoisotopic (exact) mass is 163 g/mol. The molecule has 1 aliphatic carbocycles. The van der Waals surface area contributed by atoms with Crippen molar-refractivity contribution >= 4 is 5.82 Å². The number of nitrogens with one attached hydrogen (secondary N) is 1. The molecule has 1 heterocycles.